The Labute approximate surface area is 87.3 Å². The molecule has 0 aliphatic carbocycles. The SMILES string of the molecule is CCc1cnc(C(F)(F)F)c(C(C)C)c1. The van der Waals surface area contributed by atoms with Crippen molar-refractivity contribution in [2.24, 2.45) is 0 Å². The summed E-state index contributed by atoms with van der Waals surface area (Å²) in [6.07, 6.45) is -2.36. The van der Waals surface area contributed by atoms with Crippen molar-refractivity contribution in [3.8, 4) is 0 Å². The number of alkyl halides is 3. The van der Waals surface area contributed by atoms with Gasteiger partial charge in [0.05, 0.1) is 0 Å². The Morgan fingerprint density at radius 1 is 1.33 bits per heavy atom. The Bertz CT molecular complexity index is 342. The molecule has 4 heteroatoms. The number of rotatable bonds is 2. The number of aryl methyl sites for hydroxylation is 1. The van der Waals surface area contributed by atoms with Crippen LogP contribution in [0.5, 0.6) is 0 Å². The van der Waals surface area contributed by atoms with Crippen LogP contribution in [-0.4, -0.2) is 4.98 Å². The Morgan fingerprint density at radius 2 is 1.93 bits per heavy atom. The van der Waals surface area contributed by atoms with Crippen molar-refractivity contribution >= 4 is 0 Å². The highest BCUT2D eigenvalue weighted by molar-refractivity contribution is 5.29. The van der Waals surface area contributed by atoms with Crippen molar-refractivity contribution in [1.82, 2.24) is 4.98 Å². The van der Waals surface area contributed by atoms with Gasteiger partial charge in [0.25, 0.3) is 0 Å². The molecule has 0 N–H and O–H groups in total. The fraction of sp³-hybridized carbons (Fsp3) is 0.545. The first-order chi connectivity index (χ1) is 6.86. The van der Waals surface area contributed by atoms with Crippen LogP contribution in [0, 0.1) is 0 Å². The lowest BCUT2D eigenvalue weighted by Crippen LogP contribution is -2.13. The fourth-order valence-corrected chi connectivity index (χ4v) is 1.40. The molecule has 0 atom stereocenters. The third-order valence-electron chi connectivity index (χ3n) is 2.27. The van der Waals surface area contributed by atoms with E-state index in [4.69, 9.17) is 0 Å². The molecule has 0 amide bonds. The van der Waals surface area contributed by atoms with E-state index in [2.05, 4.69) is 4.98 Å². The van der Waals surface area contributed by atoms with Gasteiger partial charge in [-0.25, -0.2) is 0 Å². The molecule has 0 aliphatic heterocycles. The molecule has 1 heterocycles. The van der Waals surface area contributed by atoms with Gasteiger partial charge in [0.15, 0.2) is 0 Å². The lowest BCUT2D eigenvalue weighted by Gasteiger charge is -2.15. The molecular weight excluding hydrogens is 203 g/mol. The monoisotopic (exact) mass is 217 g/mol. The Morgan fingerprint density at radius 3 is 2.33 bits per heavy atom. The second-order valence-electron chi connectivity index (χ2n) is 3.79. The van der Waals surface area contributed by atoms with Gasteiger partial charge in [-0.15, -0.1) is 0 Å². The molecule has 0 fully saturated rings. The van der Waals surface area contributed by atoms with Gasteiger partial charge in [0, 0.05) is 6.20 Å². The van der Waals surface area contributed by atoms with E-state index in [1.807, 2.05) is 6.92 Å². The minimum Gasteiger partial charge on any atom is -0.251 e. The minimum atomic E-state index is -4.36. The van der Waals surface area contributed by atoms with Crippen molar-refractivity contribution < 1.29 is 13.2 Å². The summed E-state index contributed by atoms with van der Waals surface area (Å²) < 4.78 is 37.7. The number of pyridine rings is 1. The first-order valence-electron chi connectivity index (χ1n) is 4.92. The van der Waals surface area contributed by atoms with E-state index in [0.717, 1.165) is 5.56 Å². The molecule has 0 saturated carbocycles. The normalized spacial score (nSPS) is 12.2. The van der Waals surface area contributed by atoms with Crippen molar-refractivity contribution in [2.75, 3.05) is 0 Å². The number of halogens is 3. The third kappa shape index (κ3) is 2.70. The predicted molar refractivity (Wildman–Crippen MR) is 52.7 cm³/mol. The van der Waals surface area contributed by atoms with Crippen molar-refractivity contribution in [3.63, 3.8) is 0 Å². The van der Waals surface area contributed by atoms with Gasteiger partial charge < -0.3 is 0 Å². The molecular formula is C11H14F3N. The fourth-order valence-electron chi connectivity index (χ4n) is 1.40. The third-order valence-corrected chi connectivity index (χ3v) is 2.27. The van der Waals surface area contributed by atoms with Crippen LogP contribution in [0.25, 0.3) is 0 Å². The molecule has 0 bridgehead atoms. The Balaban J connectivity index is 3.28. The lowest BCUT2D eigenvalue weighted by atomic mass is 9.99. The van der Waals surface area contributed by atoms with Crippen LogP contribution in [0.1, 0.15) is 43.5 Å². The van der Waals surface area contributed by atoms with Crippen LogP contribution in [-0.2, 0) is 12.6 Å². The molecule has 84 valence electrons. The Kier molecular flexibility index (Phi) is 3.37. The molecule has 1 aromatic heterocycles. The summed E-state index contributed by atoms with van der Waals surface area (Å²) in [6.45, 7) is 5.38. The summed E-state index contributed by atoms with van der Waals surface area (Å²) in [5.74, 6) is -0.166. The predicted octanol–water partition coefficient (Wildman–Crippen LogP) is 3.79. The Hall–Kier alpha value is -1.06. The van der Waals surface area contributed by atoms with E-state index in [1.54, 1.807) is 19.9 Å². The number of hydrogen-bond acceptors (Lipinski definition) is 1. The maximum Gasteiger partial charge on any atom is 0.433 e. The van der Waals surface area contributed by atoms with Crippen LogP contribution in [0.2, 0.25) is 0 Å². The second-order valence-corrected chi connectivity index (χ2v) is 3.79. The van der Waals surface area contributed by atoms with Gasteiger partial charge in [0.1, 0.15) is 5.69 Å². The molecule has 1 aromatic rings. The summed E-state index contributed by atoms with van der Waals surface area (Å²) in [6, 6.07) is 1.60. The summed E-state index contributed by atoms with van der Waals surface area (Å²) in [7, 11) is 0. The van der Waals surface area contributed by atoms with Crippen molar-refractivity contribution in [2.45, 2.75) is 39.3 Å². The maximum absolute atomic E-state index is 12.6. The smallest absolute Gasteiger partial charge is 0.251 e. The summed E-state index contributed by atoms with van der Waals surface area (Å²) in [5.41, 5.74) is 0.364. The molecule has 1 nitrogen and oxygen atoms in total. The van der Waals surface area contributed by atoms with Gasteiger partial charge in [-0.2, -0.15) is 13.2 Å². The average molecular weight is 217 g/mol. The van der Waals surface area contributed by atoms with E-state index in [9.17, 15) is 13.2 Å². The first-order valence-corrected chi connectivity index (χ1v) is 4.92. The van der Waals surface area contributed by atoms with E-state index >= 15 is 0 Å². The van der Waals surface area contributed by atoms with Gasteiger partial charge >= 0.3 is 6.18 Å². The summed E-state index contributed by atoms with van der Waals surface area (Å²) in [5, 5.41) is 0. The second kappa shape index (κ2) is 4.21. The number of aromatic nitrogens is 1. The van der Waals surface area contributed by atoms with E-state index in [0.29, 0.717) is 6.42 Å². The largest absolute Gasteiger partial charge is 0.433 e. The van der Waals surface area contributed by atoms with Crippen LogP contribution in [0.15, 0.2) is 12.3 Å². The first kappa shape index (κ1) is 12.0. The molecule has 0 aliphatic rings. The molecule has 0 saturated heterocycles. The summed E-state index contributed by atoms with van der Waals surface area (Å²) >= 11 is 0. The highest BCUT2D eigenvalue weighted by atomic mass is 19.4. The highest BCUT2D eigenvalue weighted by Gasteiger charge is 2.35. The highest BCUT2D eigenvalue weighted by Crippen LogP contribution is 2.33. The van der Waals surface area contributed by atoms with Crippen molar-refractivity contribution in [3.05, 3.63) is 29.1 Å². The zero-order chi connectivity index (χ0) is 11.6. The topological polar surface area (TPSA) is 12.9 Å². The van der Waals surface area contributed by atoms with Crippen LogP contribution < -0.4 is 0 Å². The van der Waals surface area contributed by atoms with Crippen LogP contribution in [0.3, 0.4) is 0 Å². The number of hydrogen-bond donors (Lipinski definition) is 0. The molecule has 0 radical (unpaired) electrons. The summed E-state index contributed by atoms with van der Waals surface area (Å²) in [4.78, 5) is 3.52. The molecule has 0 spiro atoms. The standard InChI is InChI=1S/C11H14F3N/c1-4-8-5-9(7(2)3)10(15-6-8)11(12,13)14/h5-7H,4H2,1-3H3. The van der Waals surface area contributed by atoms with E-state index in [1.165, 1.54) is 6.20 Å². The molecule has 0 unspecified atom stereocenters. The van der Waals surface area contributed by atoms with Crippen LogP contribution in [0.4, 0.5) is 13.2 Å². The molecule has 1 rings (SSSR count). The van der Waals surface area contributed by atoms with E-state index < -0.39 is 11.9 Å². The zero-order valence-corrected chi connectivity index (χ0v) is 9.02. The van der Waals surface area contributed by atoms with Gasteiger partial charge in [-0.3, -0.25) is 4.98 Å². The maximum atomic E-state index is 12.6. The van der Waals surface area contributed by atoms with E-state index in [-0.39, 0.29) is 11.5 Å². The lowest BCUT2D eigenvalue weighted by molar-refractivity contribution is -0.142. The minimum absolute atomic E-state index is 0.166. The zero-order valence-electron chi connectivity index (χ0n) is 9.02. The molecule has 15 heavy (non-hydrogen) atoms. The average Bonchev–Trinajstić information content (AvgIpc) is 2.15. The van der Waals surface area contributed by atoms with Crippen LogP contribution >= 0.6 is 0 Å². The van der Waals surface area contributed by atoms with Crippen molar-refractivity contribution in [1.29, 1.82) is 0 Å². The number of nitrogens with zero attached hydrogens (tertiary/aromatic N) is 1. The quantitative estimate of drug-likeness (QED) is 0.734. The molecule has 0 aromatic carbocycles. The van der Waals surface area contributed by atoms with Gasteiger partial charge in [0.2, 0.25) is 0 Å². The van der Waals surface area contributed by atoms with Gasteiger partial charge in [-0.05, 0) is 23.5 Å². The van der Waals surface area contributed by atoms with Gasteiger partial charge in [-0.1, -0.05) is 26.8 Å².